The molecule has 0 amide bonds. The van der Waals surface area contributed by atoms with Gasteiger partial charge in [0.2, 0.25) is 0 Å². The molecule has 17 heavy (non-hydrogen) atoms. The molecule has 0 saturated heterocycles. The molecule has 96 valence electrons. The molecular formula is C11H16BrNO3S. The van der Waals surface area contributed by atoms with Crippen molar-refractivity contribution in [1.82, 2.24) is 0 Å². The molecule has 4 nitrogen and oxygen atoms in total. The second-order valence-electron chi connectivity index (χ2n) is 4.06. The first kappa shape index (κ1) is 14.5. The Kier molecular flexibility index (Phi) is 4.97. The summed E-state index contributed by atoms with van der Waals surface area (Å²) in [4.78, 5) is 0. The third-order valence-electron chi connectivity index (χ3n) is 2.40. The van der Waals surface area contributed by atoms with E-state index in [9.17, 15) is 13.5 Å². The average molecular weight is 322 g/mol. The molecule has 1 rings (SSSR count). The van der Waals surface area contributed by atoms with Gasteiger partial charge in [-0.1, -0.05) is 15.9 Å². The van der Waals surface area contributed by atoms with Gasteiger partial charge in [-0.25, -0.2) is 8.42 Å². The van der Waals surface area contributed by atoms with Crippen molar-refractivity contribution in [2.75, 3.05) is 17.7 Å². The van der Waals surface area contributed by atoms with Crippen molar-refractivity contribution in [3.8, 4) is 0 Å². The van der Waals surface area contributed by atoms with Gasteiger partial charge in [0.1, 0.15) is 9.84 Å². The molecular weight excluding hydrogens is 306 g/mol. The Bertz CT molecular complexity index is 487. The van der Waals surface area contributed by atoms with E-state index in [4.69, 9.17) is 5.73 Å². The van der Waals surface area contributed by atoms with Crippen LogP contribution >= 0.6 is 15.9 Å². The van der Waals surface area contributed by atoms with Gasteiger partial charge < -0.3 is 10.8 Å². The van der Waals surface area contributed by atoms with Crippen molar-refractivity contribution >= 4 is 31.5 Å². The Morgan fingerprint density at radius 2 is 2.12 bits per heavy atom. The maximum absolute atomic E-state index is 11.0. The van der Waals surface area contributed by atoms with Crippen LogP contribution in [0.15, 0.2) is 22.7 Å². The molecule has 0 aliphatic carbocycles. The summed E-state index contributed by atoms with van der Waals surface area (Å²) in [5.74, 6) is 0.0813. The monoisotopic (exact) mass is 321 g/mol. The van der Waals surface area contributed by atoms with Crippen LogP contribution < -0.4 is 5.73 Å². The van der Waals surface area contributed by atoms with E-state index in [-0.39, 0.29) is 5.75 Å². The molecule has 3 N–H and O–H groups in total. The van der Waals surface area contributed by atoms with Gasteiger partial charge in [0.25, 0.3) is 0 Å². The minimum atomic E-state index is -2.97. The molecule has 0 spiro atoms. The van der Waals surface area contributed by atoms with Crippen LogP contribution in [-0.2, 0) is 9.84 Å². The summed E-state index contributed by atoms with van der Waals surface area (Å²) < 4.78 is 22.7. The van der Waals surface area contributed by atoms with Crippen molar-refractivity contribution in [2.24, 2.45) is 0 Å². The highest BCUT2D eigenvalue weighted by Gasteiger charge is 2.12. The van der Waals surface area contributed by atoms with Gasteiger partial charge in [-0.15, -0.1) is 0 Å². The van der Waals surface area contributed by atoms with Crippen molar-refractivity contribution in [3.05, 3.63) is 28.2 Å². The fraction of sp³-hybridized carbons (Fsp3) is 0.455. The van der Waals surface area contributed by atoms with Gasteiger partial charge in [0, 0.05) is 27.7 Å². The first-order chi connectivity index (χ1) is 7.79. The predicted molar refractivity (Wildman–Crippen MR) is 72.5 cm³/mol. The summed E-state index contributed by atoms with van der Waals surface area (Å²) in [6.45, 7) is 0. The molecule has 1 aromatic carbocycles. The predicted octanol–water partition coefficient (Wildman–Crippen LogP) is 1.89. The Morgan fingerprint density at radius 1 is 1.47 bits per heavy atom. The van der Waals surface area contributed by atoms with Gasteiger partial charge in [-0.3, -0.25) is 0 Å². The largest absolute Gasteiger partial charge is 0.398 e. The number of aliphatic hydroxyl groups excluding tert-OH is 1. The zero-order valence-electron chi connectivity index (χ0n) is 9.56. The summed E-state index contributed by atoms with van der Waals surface area (Å²) in [5.41, 5.74) is 6.90. The SMILES string of the molecule is CS(=O)(=O)CCCC(O)c1cc(Br)ccc1N. The molecule has 0 aliphatic heterocycles. The summed E-state index contributed by atoms with van der Waals surface area (Å²) >= 11 is 3.30. The number of nitrogen functional groups attached to an aromatic ring is 1. The maximum Gasteiger partial charge on any atom is 0.147 e. The minimum absolute atomic E-state index is 0.0813. The minimum Gasteiger partial charge on any atom is -0.398 e. The topological polar surface area (TPSA) is 80.4 Å². The number of aliphatic hydroxyl groups is 1. The van der Waals surface area contributed by atoms with E-state index in [1.807, 2.05) is 0 Å². The summed E-state index contributed by atoms with van der Waals surface area (Å²) in [6.07, 6.45) is 1.27. The number of hydrogen-bond donors (Lipinski definition) is 2. The molecule has 0 saturated carbocycles. The van der Waals surface area contributed by atoms with Gasteiger partial charge in [-0.2, -0.15) is 0 Å². The third kappa shape index (κ3) is 5.06. The molecule has 0 aromatic heterocycles. The van der Waals surface area contributed by atoms with Crippen LogP contribution in [-0.4, -0.2) is 25.5 Å². The van der Waals surface area contributed by atoms with Crippen molar-refractivity contribution < 1.29 is 13.5 Å². The maximum atomic E-state index is 11.0. The van der Waals surface area contributed by atoms with Crippen molar-refractivity contribution in [2.45, 2.75) is 18.9 Å². The number of sulfone groups is 1. The van der Waals surface area contributed by atoms with E-state index < -0.39 is 15.9 Å². The summed E-state index contributed by atoms with van der Waals surface area (Å²) in [5, 5.41) is 9.93. The Hall–Kier alpha value is -0.590. The Labute approximate surface area is 110 Å². The summed E-state index contributed by atoms with van der Waals surface area (Å²) in [7, 11) is -2.97. The molecule has 6 heteroatoms. The number of hydrogen-bond acceptors (Lipinski definition) is 4. The van der Waals surface area contributed by atoms with E-state index >= 15 is 0 Å². The van der Waals surface area contributed by atoms with Crippen LogP contribution in [0.2, 0.25) is 0 Å². The first-order valence-corrected chi connectivity index (χ1v) is 8.05. The fourth-order valence-electron chi connectivity index (χ4n) is 1.53. The van der Waals surface area contributed by atoms with E-state index in [0.717, 1.165) is 4.47 Å². The van der Waals surface area contributed by atoms with E-state index in [1.165, 1.54) is 6.26 Å². The molecule has 0 fully saturated rings. The number of rotatable bonds is 5. The smallest absolute Gasteiger partial charge is 0.147 e. The normalized spacial score (nSPS) is 13.6. The molecule has 0 aliphatic rings. The lowest BCUT2D eigenvalue weighted by molar-refractivity contribution is 0.167. The fourth-order valence-corrected chi connectivity index (χ4v) is 2.60. The zero-order valence-corrected chi connectivity index (χ0v) is 12.0. The highest BCUT2D eigenvalue weighted by atomic mass is 79.9. The number of nitrogens with two attached hydrogens (primary N) is 1. The number of anilines is 1. The number of benzene rings is 1. The van der Waals surface area contributed by atoms with Crippen LogP contribution in [0.4, 0.5) is 5.69 Å². The highest BCUT2D eigenvalue weighted by Crippen LogP contribution is 2.27. The molecule has 1 aromatic rings. The van der Waals surface area contributed by atoms with Crippen molar-refractivity contribution in [3.63, 3.8) is 0 Å². The van der Waals surface area contributed by atoms with Crippen molar-refractivity contribution in [1.29, 1.82) is 0 Å². The quantitative estimate of drug-likeness (QED) is 0.811. The lowest BCUT2D eigenvalue weighted by Gasteiger charge is -2.13. The van der Waals surface area contributed by atoms with Crippen LogP contribution in [0.5, 0.6) is 0 Å². The standard InChI is InChI=1S/C11H16BrNO3S/c1-17(15,16)6-2-3-11(14)9-7-8(12)4-5-10(9)13/h4-5,7,11,14H,2-3,6,13H2,1H3. The Balaban J connectivity index is 2.64. The molecule has 1 atom stereocenters. The lowest BCUT2D eigenvalue weighted by Crippen LogP contribution is -2.07. The zero-order chi connectivity index (χ0) is 13.1. The van der Waals surface area contributed by atoms with Gasteiger partial charge in [0.15, 0.2) is 0 Å². The third-order valence-corrected chi connectivity index (χ3v) is 3.92. The number of halogens is 1. The first-order valence-electron chi connectivity index (χ1n) is 5.20. The van der Waals surface area contributed by atoms with Crippen LogP contribution in [0, 0.1) is 0 Å². The molecule has 1 unspecified atom stereocenters. The molecule has 0 bridgehead atoms. The second-order valence-corrected chi connectivity index (χ2v) is 7.24. The van der Waals surface area contributed by atoms with Gasteiger partial charge >= 0.3 is 0 Å². The van der Waals surface area contributed by atoms with Crippen LogP contribution in [0.1, 0.15) is 24.5 Å². The van der Waals surface area contributed by atoms with Gasteiger partial charge in [0.05, 0.1) is 6.10 Å². The van der Waals surface area contributed by atoms with E-state index in [2.05, 4.69) is 15.9 Å². The molecule has 0 radical (unpaired) electrons. The second kappa shape index (κ2) is 5.84. The van der Waals surface area contributed by atoms with E-state index in [0.29, 0.717) is 24.1 Å². The Morgan fingerprint density at radius 3 is 2.71 bits per heavy atom. The van der Waals surface area contributed by atoms with E-state index in [1.54, 1.807) is 18.2 Å². The highest BCUT2D eigenvalue weighted by molar-refractivity contribution is 9.10. The average Bonchev–Trinajstić information content (AvgIpc) is 2.19. The van der Waals surface area contributed by atoms with Crippen LogP contribution in [0.25, 0.3) is 0 Å². The lowest BCUT2D eigenvalue weighted by atomic mass is 10.0. The van der Waals surface area contributed by atoms with Gasteiger partial charge in [-0.05, 0) is 31.0 Å². The molecule has 0 heterocycles. The summed E-state index contributed by atoms with van der Waals surface area (Å²) in [6, 6.07) is 5.25. The van der Waals surface area contributed by atoms with Crippen LogP contribution in [0.3, 0.4) is 0 Å².